The first-order chi connectivity index (χ1) is 7.13. The molecule has 0 radical (unpaired) electrons. The van der Waals surface area contributed by atoms with Crippen molar-refractivity contribution in [2.45, 2.75) is 45.6 Å². The van der Waals surface area contributed by atoms with Gasteiger partial charge in [0.15, 0.2) is 0 Å². The highest BCUT2D eigenvalue weighted by Gasteiger charge is 2.21. The summed E-state index contributed by atoms with van der Waals surface area (Å²) in [7, 11) is 1.99. The summed E-state index contributed by atoms with van der Waals surface area (Å²) in [5, 5.41) is 3.27. The average Bonchev–Trinajstić information content (AvgIpc) is 2.37. The Balaban J connectivity index is 2.39. The van der Waals surface area contributed by atoms with Crippen LogP contribution in [0, 0.1) is 5.92 Å². The number of carbonyl (C=O) groups is 1. The number of hydrogen-bond donors (Lipinski definition) is 1. The molecule has 1 aliphatic rings. The maximum absolute atomic E-state index is 11.8. The van der Waals surface area contributed by atoms with Gasteiger partial charge in [-0.25, -0.2) is 0 Å². The second kappa shape index (κ2) is 6.11. The van der Waals surface area contributed by atoms with Gasteiger partial charge in [0.25, 0.3) is 0 Å². The van der Waals surface area contributed by atoms with Crippen LogP contribution >= 0.6 is 0 Å². The molecule has 3 heteroatoms. The summed E-state index contributed by atoms with van der Waals surface area (Å²) in [4.78, 5) is 13.8. The molecule has 1 atom stereocenters. The van der Waals surface area contributed by atoms with E-state index in [2.05, 4.69) is 19.2 Å². The Labute approximate surface area is 93.2 Å². The van der Waals surface area contributed by atoms with Crippen LogP contribution in [-0.2, 0) is 4.79 Å². The van der Waals surface area contributed by atoms with Crippen LogP contribution < -0.4 is 5.32 Å². The molecule has 1 amide bonds. The molecule has 15 heavy (non-hydrogen) atoms. The molecule has 0 aromatic heterocycles. The molecule has 0 saturated carbocycles. The lowest BCUT2D eigenvalue weighted by Gasteiger charge is -2.21. The van der Waals surface area contributed by atoms with Crippen molar-refractivity contribution in [2.24, 2.45) is 5.92 Å². The summed E-state index contributed by atoms with van der Waals surface area (Å²) in [5.41, 5.74) is 0. The highest BCUT2D eigenvalue weighted by Crippen LogP contribution is 2.13. The summed E-state index contributed by atoms with van der Waals surface area (Å²) < 4.78 is 0. The predicted octanol–water partition coefficient (Wildman–Crippen LogP) is 1.63. The summed E-state index contributed by atoms with van der Waals surface area (Å²) in [6, 6.07) is 0.526. The van der Waals surface area contributed by atoms with Gasteiger partial charge >= 0.3 is 0 Å². The zero-order valence-electron chi connectivity index (χ0n) is 10.3. The molecule has 0 aliphatic carbocycles. The van der Waals surface area contributed by atoms with Crippen LogP contribution in [-0.4, -0.2) is 37.0 Å². The van der Waals surface area contributed by atoms with E-state index in [-0.39, 0.29) is 0 Å². The smallest absolute Gasteiger partial charge is 0.222 e. The molecule has 0 aromatic carbocycles. The third-order valence-corrected chi connectivity index (χ3v) is 3.19. The number of rotatable bonds is 4. The second-order valence-corrected chi connectivity index (χ2v) is 4.88. The minimum absolute atomic E-state index is 0.341. The molecule has 1 rings (SSSR count). The van der Waals surface area contributed by atoms with Crippen molar-refractivity contribution in [3.8, 4) is 0 Å². The number of carbonyl (C=O) groups excluding carboxylic acids is 1. The zero-order chi connectivity index (χ0) is 11.3. The molecular weight excluding hydrogens is 188 g/mol. The molecule has 1 unspecified atom stereocenters. The Bertz CT molecular complexity index is 204. The van der Waals surface area contributed by atoms with Crippen molar-refractivity contribution in [1.29, 1.82) is 0 Å². The first-order valence-corrected chi connectivity index (χ1v) is 6.08. The Kier molecular flexibility index (Phi) is 5.09. The van der Waals surface area contributed by atoms with E-state index in [4.69, 9.17) is 0 Å². The van der Waals surface area contributed by atoms with Gasteiger partial charge in [0.2, 0.25) is 5.91 Å². The number of nitrogens with zero attached hydrogens (tertiary/aromatic N) is 1. The third-order valence-electron chi connectivity index (χ3n) is 3.19. The Morgan fingerprint density at radius 2 is 2.20 bits per heavy atom. The fraction of sp³-hybridized carbons (Fsp3) is 0.917. The van der Waals surface area contributed by atoms with Crippen LogP contribution in [0.2, 0.25) is 0 Å². The Hall–Kier alpha value is -0.570. The van der Waals surface area contributed by atoms with Gasteiger partial charge in [0, 0.05) is 25.6 Å². The lowest BCUT2D eigenvalue weighted by atomic mass is 10.1. The van der Waals surface area contributed by atoms with E-state index >= 15 is 0 Å². The predicted molar refractivity (Wildman–Crippen MR) is 62.7 cm³/mol. The molecular formula is C12H24N2O. The SMILES string of the molecule is CNC1CCC(=O)N(CCC(C)C)CC1. The van der Waals surface area contributed by atoms with E-state index in [1.165, 1.54) is 0 Å². The van der Waals surface area contributed by atoms with E-state index in [1.807, 2.05) is 11.9 Å². The van der Waals surface area contributed by atoms with Gasteiger partial charge in [-0.05, 0) is 32.2 Å². The van der Waals surface area contributed by atoms with Gasteiger partial charge in [-0.2, -0.15) is 0 Å². The minimum atomic E-state index is 0.341. The van der Waals surface area contributed by atoms with Crippen molar-refractivity contribution in [2.75, 3.05) is 20.1 Å². The van der Waals surface area contributed by atoms with E-state index in [0.717, 1.165) is 32.4 Å². The highest BCUT2D eigenvalue weighted by molar-refractivity contribution is 5.76. The molecule has 3 nitrogen and oxygen atoms in total. The summed E-state index contributed by atoms with van der Waals surface area (Å²) in [5.74, 6) is 1.02. The van der Waals surface area contributed by atoms with E-state index < -0.39 is 0 Å². The van der Waals surface area contributed by atoms with Crippen LogP contribution in [0.3, 0.4) is 0 Å². The maximum atomic E-state index is 11.8. The summed E-state index contributed by atoms with van der Waals surface area (Å²) in [6.45, 7) is 6.28. The normalized spacial score (nSPS) is 23.3. The molecule has 0 spiro atoms. The van der Waals surface area contributed by atoms with Crippen LogP contribution in [0.1, 0.15) is 39.5 Å². The fourth-order valence-electron chi connectivity index (χ4n) is 1.98. The molecule has 1 N–H and O–H groups in total. The number of nitrogens with one attached hydrogen (secondary N) is 1. The van der Waals surface area contributed by atoms with Gasteiger partial charge < -0.3 is 10.2 Å². The van der Waals surface area contributed by atoms with Crippen molar-refractivity contribution in [3.05, 3.63) is 0 Å². The van der Waals surface area contributed by atoms with Crippen LogP contribution in [0.5, 0.6) is 0 Å². The first-order valence-electron chi connectivity index (χ1n) is 6.08. The standard InChI is InChI=1S/C12H24N2O/c1-10(2)6-8-14-9-7-11(13-3)4-5-12(14)15/h10-11,13H,4-9H2,1-3H3. The lowest BCUT2D eigenvalue weighted by molar-refractivity contribution is -0.130. The Morgan fingerprint density at radius 3 is 2.80 bits per heavy atom. The van der Waals surface area contributed by atoms with E-state index in [9.17, 15) is 4.79 Å². The number of hydrogen-bond acceptors (Lipinski definition) is 2. The number of amides is 1. The van der Waals surface area contributed by atoms with Crippen LogP contribution in [0.4, 0.5) is 0 Å². The molecule has 0 aromatic rings. The van der Waals surface area contributed by atoms with E-state index in [1.54, 1.807) is 0 Å². The van der Waals surface area contributed by atoms with Gasteiger partial charge in [-0.1, -0.05) is 13.8 Å². The van der Waals surface area contributed by atoms with Gasteiger partial charge in [-0.3, -0.25) is 4.79 Å². The maximum Gasteiger partial charge on any atom is 0.222 e. The largest absolute Gasteiger partial charge is 0.343 e. The fourth-order valence-corrected chi connectivity index (χ4v) is 1.98. The summed E-state index contributed by atoms with van der Waals surface area (Å²) >= 11 is 0. The summed E-state index contributed by atoms with van der Waals surface area (Å²) in [6.07, 6.45) is 3.92. The van der Waals surface area contributed by atoms with Gasteiger partial charge in [-0.15, -0.1) is 0 Å². The number of likely N-dealkylation sites (tertiary alicyclic amines) is 1. The van der Waals surface area contributed by atoms with Crippen molar-refractivity contribution in [1.82, 2.24) is 10.2 Å². The molecule has 0 bridgehead atoms. The van der Waals surface area contributed by atoms with Gasteiger partial charge in [0.1, 0.15) is 0 Å². The van der Waals surface area contributed by atoms with Crippen molar-refractivity contribution >= 4 is 5.91 Å². The minimum Gasteiger partial charge on any atom is -0.343 e. The average molecular weight is 212 g/mol. The van der Waals surface area contributed by atoms with Crippen LogP contribution in [0.25, 0.3) is 0 Å². The first kappa shape index (κ1) is 12.5. The highest BCUT2D eigenvalue weighted by atomic mass is 16.2. The molecule has 1 aliphatic heterocycles. The van der Waals surface area contributed by atoms with Crippen molar-refractivity contribution in [3.63, 3.8) is 0 Å². The lowest BCUT2D eigenvalue weighted by Crippen LogP contribution is -2.32. The van der Waals surface area contributed by atoms with Gasteiger partial charge in [0.05, 0.1) is 0 Å². The molecule has 1 saturated heterocycles. The topological polar surface area (TPSA) is 32.3 Å². The zero-order valence-corrected chi connectivity index (χ0v) is 10.3. The van der Waals surface area contributed by atoms with Crippen molar-refractivity contribution < 1.29 is 4.79 Å². The Morgan fingerprint density at radius 1 is 1.47 bits per heavy atom. The van der Waals surface area contributed by atoms with Crippen LogP contribution in [0.15, 0.2) is 0 Å². The second-order valence-electron chi connectivity index (χ2n) is 4.88. The quantitative estimate of drug-likeness (QED) is 0.768. The molecule has 1 fully saturated rings. The molecule has 1 heterocycles. The third kappa shape index (κ3) is 4.20. The monoisotopic (exact) mass is 212 g/mol. The van der Waals surface area contributed by atoms with E-state index in [0.29, 0.717) is 24.3 Å². The molecule has 88 valence electrons.